The van der Waals surface area contributed by atoms with Crippen LogP contribution in [0.5, 0.6) is 11.5 Å². The van der Waals surface area contributed by atoms with Crippen molar-refractivity contribution in [3.05, 3.63) is 140 Å². The van der Waals surface area contributed by atoms with Gasteiger partial charge in [0.25, 0.3) is 0 Å². The van der Waals surface area contributed by atoms with Crippen molar-refractivity contribution in [2.24, 2.45) is 0 Å². The zero-order chi connectivity index (χ0) is 26.2. The molecule has 0 radical (unpaired) electrons. The topological polar surface area (TPSA) is 14.2 Å². The molecule has 0 atom stereocenters. The number of nitrogens with zero attached hydrogens (tertiary/aromatic N) is 1. The van der Waals surface area contributed by atoms with Gasteiger partial charge in [0.1, 0.15) is 11.5 Å². The van der Waals surface area contributed by atoms with E-state index in [1.165, 1.54) is 60.0 Å². The van der Waals surface area contributed by atoms with Crippen LogP contribution in [0, 0.1) is 0 Å². The molecule has 186 valence electrons. The van der Waals surface area contributed by atoms with E-state index in [1.54, 1.807) is 0 Å². The smallest absolute Gasteiger partial charge is 0.135 e. The minimum absolute atomic E-state index is 0.911. The fourth-order valence-corrected chi connectivity index (χ4v) is 6.63. The standard InChI is InChI=1S/C38H23NO/c1-2-12-26(13-3-1)39-34-23-25-11-5-4-10-24(25)22-33(34)32-18-9-17-31(38(32)39)27-20-21-36-37-29(27)15-8-16-30(37)28-14-6-7-19-35(28)40-36/h1-23H. The molecule has 8 aromatic rings. The first-order valence-electron chi connectivity index (χ1n) is 13.7. The molecule has 2 heterocycles. The molecular formula is C38H23NO. The predicted octanol–water partition coefficient (Wildman–Crippen LogP) is 10.5. The molecular weight excluding hydrogens is 486 g/mol. The normalized spacial score (nSPS) is 12.2. The number of aromatic nitrogens is 1. The molecule has 0 saturated heterocycles. The van der Waals surface area contributed by atoms with Crippen LogP contribution >= 0.6 is 0 Å². The summed E-state index contributed by atoms with van der Waals surface area (Å²) < 4.78 is 8.85. The summed E-state index contributed by atoms with van der Waals surface area (Å²) in [6.45, 7) is 0. The summed E-state index contributed by atoms with van der Waals surface area (Å²) in [5.41, 5.74) is 8.37. The third kappa shape index (κ3) is 2.93. The first kappa shape index (κ1) is 21.6. The van der Waals surface area contributed by atoms with E-state index in [-0.39, 0.29) is 0 Å². The van der Waals surface area contributed by atoms with Gasteiger partial charge in [0, 0.05) is 33.0 Å². The Balaban J connectivity index is 1.43. The second-order valence-corrected chi connectivity index (χ2v) is 10.5. The Kier molecular flexibility index (Phi) is 4.36. The van der Waals surface area contributed by atoms with Crippen LogP contribution in [0.2, 0.25) is 0 Å². The molecule has 0 amide bonds. The Hall–Kier alpha value is -5.34. The molecule has 2 nitrogen and oxygen atoms in total. The molecule has 0 N–H and O–H groups in total. The van der Waals surface area contributed by atoms with Crippen LogP contribution in [0.4, 0.5) is 0 Å². The van der Waals surface area contributed by atoms with E-state index in [2.05, 4.69) is 132 Å². The van der Waals surface area contributed by atoms with Crippen molar-refractivity contribution >= 4 is 43.4 Å². The molecule has 40 heavy (non-hydrogen) atoms. The zero-order valence-corrected chi connectivity index (χ0v) is 21.6. The highest BCUT2D eigenvalue weighted by Crippen LogP contribution is 2.49. The van der Waals surface area contributed by atoms with Gasteiger partial charge in [0.05, 0.1) is 11.0 Å². The first-order chi connectivity index (χ1) is 19.8. The largest absolute Gasteiger partial charge is 0.456 e. The molecule has 0 unspecified atom stereocenters. The summed E-state index contributed by atoms with van der Waals surface area (Å²) in [5, 5.41) is 7.39. The van der Waals surface area contributed by atoms with Gasteiger partial charge in [-0.15, -0.1) is 0 Å². The highest BCUT2D eigenvalue weighted by molar-refractivity contribution is 6.19. The summed E-state index contributed by atoms with van der Waals surface area (Å²) in [5.74, 6) is 1.82. The van der Waals surface area contributed by atoms with E-state index in [0.29, 0.717) is 0 Å². The van der Waals surface area contributed by atoms with Crippen LogP contribution in [-0.2, 0) is 0 Å². The second kappa shape index (κ2) is 8.08. The highest BCUT2D eigenvalue weighted by atomic mass is 16.5. The van der Waals surface area contributed by atoms with Crippen molar-refractivity contribution in [1.29, 1.82) is 0 Å². The minimum Gasteiger partial charge on any atom is -0.456 e. The molecule has 0 bridgehead atoms. The first-order valence-corrected chi connectivity index (χ1v) is 13.7. The van der Waals surface area contributed by atoms with E-state index >= 15 is 0 Å². The molecule has 0 saturated carbocycles. The number of benzene rings is 7. The predicted molar refractivity (Wildman–Crippen MR) is 167 cm³/mol. The molecule has 1 aromatic heterocycles. The summed E-state index contributed by atoms with van der Waals surface area (Å²) in [4.78, 5) is 0. The third-order valence-electron chi connectivity index (χ3n) is 8.36. The lowest BCUT2D eigenvalue weighted by Crippen LogP contribution is -1.98. The lowest BCUT2D eigenvalue weighted by molar-refractivity contribution is 0.487. The maximum Gasteiger partial charge on any atom is 0.135 e. The number of para-hydroxylation sites is 3. The van der Waals surface area contributed by atoms with Crippen LogP contribution in [0.25, 0.3) is 71.3 Å². The molecule has 2 heteroatoms. The molecule has 0 aliphatic carbocycles. The van der Waals surface area contributed by atoms with Crippen molar-refractivity contribution in [2.75, 3.05) is 0 Å². The number of hydrogen-bond donors (Lipinski definition) is 0. The van der Waals surface area contributed by atoms with Crippen LogP contribution in [0.3, 0.4) is 0 Å². The number of ether oxygens (including phenoxy) is 1. The molecule has 1 aliphatic rings. The highest BCUT2D eigenvalue weighted by Gasteiger charge is 2.23. The minimum atomic E-state index is 0.911. The summed E-state index contributed by atoms with van der Waals surface area (Å²) in [7, 11) is 0. The number of rotatable bonds is 2. The summed E-state index contributed by atoms with van der Waals surface area (Å²) >= 11 is 0. The van der Waals surface area contributed by atoms with Gasteiger partial charge in [-0.1, -0.05) is 97.1 Å². The fraction of sp³-hybridized carbons (Fsp3) is 0. The van der Waals surface area contributed by atoms with Crippen molar-refractivity contribution in [1.82, 2.24) is 4.57 Å². The lowest BCUT2D eigenvalue weighted by atomic mass is 9.90. The van der Waals surface area contributed by atoms with Gasteiger partial charge in [-0.3, -0.25) is 0 Å². The Morgan fingerprint density at radius 2 is 1.12 bits per heavy atom. The van der Waals surface area contributed by atoms with E-state index in [9.17, 15) is 0 Å². The number of hydrogen-bond acceptors (Lipinski definition) is 1. The Morgan fingerprint density at radius 1 is 0.425 bits per heavy atom. The van der Waals surface area contributed by atoms with Gasteiger partial charge >= 0.3 is 0 Å². The van der Waals surface area contributed by atoms with E-state index in [4.69, 9.17) is 4.74 Å². The van der Waals surface area contributed by atoms with E-state index in [1.807, 2.05) is 12.1 Å². The van der Waals surface area contributed by atoms with Crippen LogP contribution in [0.1, 0.15) is 0 Å². The van der Waals surface area contributed by atoms with Gasteiger partial charge in [0.15, 0.2) is 0 Å². The average molecular weight is 510 g/mol. The van der Waals surface area contributed by atoms with E-state index < -0.39 is 0 Å². The van der Waals surface area contributed by atoms with Gasteiger partial charge in [-0.25, -0.2) is 0 Å². The quantitative estimate of drug-likeness (QED) is 0.226. The van der Waals surface area contributed by atoms with Gasteiger partial charge in [-0.2, -0.15) is 0 Å². The Bertz CT molecular complexity index is 2290. The third-order valence-corrected chi connectivity index (χ3v) is 8.36. The number of fused-ring (bicyclic) bond motifs is 6. The maximum absolute atomic E-state index is 6.41. The Morgan fingerprint density at radius 3 is 2.00 bits per heavy atom. The molecule has 1 aliphatic heterocycles. The van der Waals surface area contributed by atoms with Crippen molar-refractivity contribution < 1.29 is 4.74 Å². The SMILES string of the molecule is c1ccc(-n2c3cc4ccccc4cc3c3cccc(-c4ccc5c6c(cccc46)-c4ccccc4O5)c32)cc1. The molecule has 7 aromatic carbocycles. The molecule has 0 fully saturated rings. The van der Waals surface area contributed by atoms with E-state index in [0.717, 1.165) is 22.7 Å². The van der Waals surface area contributed by atoms with Crippen LogP contribution in [-0.4, -0.2) is 4.57 Å². The monoisotopic (exact) mass is 509 g/mol. The maximum atomic E-state index is 6.41. The lowest BCUT2D eigenvalue weighted by Gasteiger charge is -2.22. The molecule has 0 spiro atoms. The summed E-state index contributed by atoms with van der Waals surface area (Å²) in [6.07, 6.45) is 0. The fourth-order valence-electron chi connectivity index (χ4n) is 6.63. The van der Waals surface area contributed by atoms with Gasteiger partial charge in [0.2, 0.25) is 0 Å². The van der Waals surface area contributed by atoms with Crippen molar-refractivity contribution in [2.45, 2.75) is 0 Å². The van der Waals surface area contributed by atoms with Crippen molar-refractivity contribution in [3.63, 3.8) is 0 Å². The Labute approximate surface area is 231 Å². The summed E-state index contributed by atoms with van der Waals surface area (Å²) in [6, 6.07) is 50.1. The van der Waals surface area contributed by atoms with Crippen LogP contribution in [0.15, 0.2) is 140 Å². The van der Waals surface area contributed by atoms with Crippen molar-refractivity contribution in [3.8, 4) is 39.4 Å². The zero-order valence-electron chi connectivity index (χ0n) is 21.6. The van der Waals surface area contributed by atoms with Gasteiger partial charge in [-0.05, 0) is 69.8 Å². The van der Waals surface area contributed by atoms with Crippen LogP contribution < -0.4 is 4.74 Å². The second-order valence-electron chi connectivity index (χ2n) is 10.5. The average Bonchev–Trinajstić information content (AvgIpc) is 3.34. The van der Waals surface area contributed by atoms with Gasteiger partial charge < -0.3 is 9.30 Å². The molecule has 9 rings (SSSR count).